The van der Waals surface area contributed by atoms with E-state index in [1.165, 1.54) is 25.0 Å². The Labute approximate surface area is 148 Å². The summed E-state index contributed by atoms with van der Waals surface area (Å²) in [5.41, 5.74) is 0.752. The SMILES string of the molecule is COC(=O)C1=C(C(=O)OC)C2=CC=CC3=C(C(C)=O)C=C(C#N)C(=N1)N23. The molecular formula is C18H13N3O5. The number of aliphatic imine (C=N–C) groups is 1. The lowest BCUT2D eigenvalue weighted by Gasteiger charge is -2.37. The number of carbonyl (C=O) groups excluding carboxylic acids is 3. The third-order valence-corrected chi connectivity index (χ3v) is 3.99. The molecule has 0 saturated carbocycles. The number of hydrogen-bond acceptors (Lipinski definition) is 8. The van der Waals surface area contributed by atoms with Crippen molar-refractivity contribution in [3.63, 3.8) is 0 Å². The second-order valence-corrected chi connectivity index (χ2v) is 5.41. The highest BCUT2D eigenvalue weighted by Gasteiger charge is 2.40. The summed E-state index contributed by atoms with van der Waals surface area (Å²) in [5.74, 6) is -1.74. The summed E-state index contributed by atoms with van der Waals surface area (Å²) < 4.78 is 9.50. The molecule has 0 amide bonds. The van der Waals surface area contributed by atoms with Crippen molar-refractivity contribution < 1.29 is 23.9 Å². The largest absolute Gasteiger partial charge is 0.465 e. The first-order valence-electron chi connectivity index (χ1n) is 7.50. The van der Waals surface area contributed by atoms with Gasteiger partial charge in [0.05, 0.1) is 31.2 Å². The normalized spacial score (nSPS) is 17.6. The maximum atomic E-state index is 12.3. The van der Waals surface area contributed by atoms with E-state index in [1.807, 2.05) is 6.07 Å². The molecule has 8 heteroatoms. The van der Waals surface area contributed by atoms with Gasteiger partial charge in [-0.15, -0.1) is 0 Å². The maximum absolute atomic E-state index is 12.3. The number of methoxy groups -OCH3 is 2. The molecule has 0 aliphatic carbocycles. The van der Waals surface area contributed by atoms with E-state index >= 15 is 0 Å². The number of nitrogens with zero attached hydrogens (tertiary/aromatic N) is 3. The molecule has 3 aliphatic rings. The number of carbonyl (C=O) groups is 3. The molecule has 0 aromatic carbocycles. The van der Waals surface area contributed by atoms with Crippen LogP contribution in [-0.4, -0.2) is 42.7 Å². The average molecular weight is 351 g/mol. The molecule has 0 spiro atoms. The summed E-state index contributed by atoms with van der Waals surface area (Å²) in [7, 11) is 2.34. The van der Waals surface area contributed by atoms with Crippen molar-refractivity contribution in [3.8, 4) is 6.07 Å². The van der Waals surface area contributed by atoms with Crippen molar-refractivity contribution in [1.29, 1.82) is 5.26 Å². The molecule has 0 radical (unpaired) electrons. The molecule has 3 rings (SSSR count). The van der Waals surface area contributed by atoms with Gasteiger partial charge < -0.3 is 9.47 Å². The second-order valence-electron chi connectivity index (χ2n) is 5.41. The molecule has 0 bridgehead atoms. The highest BCUT2D eigenvalue weighted by molar-refractivity contribution is 6.16. The molecule has 0 atom stereocenters. The standard InChI is InChI=1S/C18H13N3O5/c1-9(22)11-7-10(8-19)16-20-15(18(24)26-3)14(17(23)25-2)13-6-4-5-12(11)21(13)16/h4-7H,1-3H3. The fourth-order valence-electron chi connectivity index (χ4n) is 2.85. The minimum absolute atomic E-state index is 0.0884. The number of rotatable bonds is 3. The maximum Gasteiger partial charge on any atom is 0.357 e. The molecule has 3 aliphatic heterocycles. The van der Waals surface area contributed by atoms with Crippen molar-refractivity contribution in [2.45, 2.75) is 6.92 Å². The van der Waals surface area contributed by atoms with Gasteiger partial charge in [-0.1, -0.05) is 6.08 Å². The quantitative estimate of drug-likeness (QED) is 0.699. The van der Waals surface area contributed by atoms with E-state index in [0.29, 0.717) is 11.3 Å². The molecule has 0 saturated heterocycles. The van der Waals surface area contributed by atoms with Crippen LogP contribution in [0.25, 0.3) is 0 Å². The number of ketones is 1. The lowest BCUT2D eigenvalue weighted by Crippen LogP contribution is -2.41. The monoisotopic (exact) mass is 351 g/mol. The minimum Gasteiger partial charge on any atom is -0.465 e. The summed E-state index contributed by atoms with van der Waals surface area (Å²) in [6.07, 6.45) is 6.29. The van der Waals surface area contributed by atoms with Crippen LogP contribution < -0.4 is 0 Å². The first-order chi connectivity index (χ1) is 12.4. The molecule has 130 valence electrons. The van der Waals surface area contributed by atoms with E-state index in [0.717, 1.165) is 7.11 Å². The van der Waals surface area contributed by atoms with Gasteiger partial charge in [-0.25, -0.2) is 14.6 Å². The van der Waals surface area contributed by atoms with Gasteiger partial charge in [-0.05, 0) is 25.2 Å². The first kappa shape index (κ1) is 17.1. The van der Waals surface area contributed by atoms with Crippen LogP contribution >= 0.6 is 0 Å². The van der Waals surface area contributed by atoms with E-state index in [4.69, 9.17) is 9.47 Å². The zero-order valence-corrected chi connectivity index (χ0v) is 14.2. The third kappa shape index (κ3) is 2.38. The van der Waals surface area contributed by atoms with E-state index in [-0.39, 0.29) is 34.2 Å². The van der Waals surface area contributed by atoms with Gasteiger partial charge in [0.15, 0.2) is 17.3 Å². The Morgan fingerprint density at radius 2 is 1.88 bits per heavy atom. The molecule has 8 nitrogen and oxygen atoms in total. The van der Waals surface area contributed by atoms with Crippen LogP contribution in [0.15, 0.2) is 63.1 Å². The zero-order valence-electron chi connectivity index (χ0n) is 14.2. The van der Waals surface area contributed by atoms with Crippen LogP contribution in [0.2, 0.25) is 0 Å². The van der Waals surface area contributed by atoms with Gasteiger partial charge >= 0.3 is 11.9 Å². The van der Waals surface area contributed by atoms with Gasteiger partial charge in [0, 0.05) is 5.57 Å². The highest BCUT2D eigenvalue weighted by Crippen LogP contribution is 2.38. The Morgan fingerprint density at radius 3 is 2.46 bits per heavy atom. The number of Topliss-reactive ketones (excluding diaryl/α,β-unsaturated/α-hetero) is 1. The summed E-state index contributed by atoms with van der Waals surface area (Å²) in [6, 6.07) is 1.97. The van der Waals surface area contributed by atoms with Crippen LogP contribution in [0.4, 0.5) is 0 Å². The van der Waals surface area contributed by atoms with Crippen LogP contribution in [0, 0.1) is 11.3 Å². The van der Waals surface area contributed by atoms with E-state index in [2.05, 4.69) is 4.99 Å². The van der Waals surface area contributed by atoms with Crippen molar-refractivity contribution in [3.05, 3.63) is 58.1 Å². The second kappa shape index (κ2) is 6.29. The Balaban J connectivity index is 2.37. The number of amidine groups is 1. The van der Waals surface area contributed by atoms with E-state index in [1.54, 1.807) is 18.2 Å². The fourth-order valence-corrected chi connectivity index (χ4v) is 2.85. The van der Waals surface area contributed by atoms with Crippen LogP contribution in [0.3, 0.4) is 0 Å². The number of ether oxygens (including phenoxy) is 2. The molecule has 0 unspecified atom stereocenters. The predicted octanol–water partition coefficient (Wildman–Crippen LogP) is 1.06. The molecule has 0 N–H and O–H groups in total. The smallest absolute Gasteiger partial charge is 0.357 e. The van der Waals surface area contributed by atoms with Gasteiger partial charge in [0.1, 0.15) is 11.6 Å². The molecule has 26 heavy (non-hydrogen) atoms. The molecule has 3 heterocycles. The minimum atomic E-state index is -0.840. The van der Waals surface area contributed by atoms with Crippen molar-refractivity contribution >= 4 is 23.6 Å². The van der Waals surface area contributed by atoms with Crippen LogP contribution in [0.1, 0.15) is 6.92 Å². The summed E-state index contributed by atoms with van der Waals surface area (Å²) in [4.78, 5) is 42.2. The number of esters is 2. The third-order valence-electron chi connectivity index (χ3n) is 3.99. The van der Waals surface area contributed by atoms with Gasteiger partial charge in [0.2, 0.25) is 0 Å². The average Bonchev–Trinajstić information content (AvgIpc) is 2.66. The first-order valence-corrected chi connectivity index (χ1v) is 7.50. The highest BCUT2D eigenvalue weighted by atomic mass is 16.5. The Hall–Kier alpha value is -3.73. The molecule has 0 aromatic heterocycles. The van der Waals surface area contributed by atoms with Crippen molar-refractivity contribution in [2.75, 3.05) is 14.2 Å². The van der Waals surface area contributed by atoms with Crippen LogP contribution in [0.5, 0.6) is 0 Å². The predicted molar refractivity (Wildman–Crippen MR) is 89.0 cm³/mol. The molecular weight excluding hydrogens is 338 g/mol. The number of nitriles is 1. The zero-order chi connectivity index (χ0) is 19.0. The molecule has 0 aromatic rings. The fraction of sp³-hybridized carbons (Fsp3) is 0.167. The Morgan fingerprint density at radius 1 is 1.19 bits per heavy atom. The van der Waals surface area contributed by atoms with Crippen LogP contribution in [-0.2, 0) is 23.9 Å². The summed E-state index contributed by atoms with van der Waals surface area (Å²) in [5, 5.41) is 9.48. The summed E-state index contributed by atoms with van der Waals surface area (Å²) in [6.45, 7) is 1.38. The van der Waals surface area contributed by atoms with E-state index in [9.17, 15) is 19.6 Å². The van der Waals surface area contributed by atoms with Gasteiger partial charge in [-0.3, -0.25) is 9.69 Å². The number of allylic oxidation sites excluding steroid dienone is 5. The topological polar surface area (TPSA) is 109 Å². The van der Waals surface area contributed by atoms with Gasteiger partial charge in [0.25, 0.3) is 0 Å². The molecule has 0 fully saturated rings. The Bertz CT molecular complexity index is 983. The lowest BCUT2D eigenvalue weighted by atomic mass is 9.93. The summed E-state index contributed by atoms with van der Waals surface area (Å²) >= 11 is 0. The lowest BCUT2D eigenvalue weighted by molar-refractivity contribution is -0.139. The van der Waals surface area contributed by atoms with E-state index < -0.39 is 11.9 Å². The van der Waals surface area contributed by atoms with Gasteiger partial charge in [-0.2, -0.15) is 5.26 Å². The van der Waals surface area contributed by atoms with Crippen molar-refractivity contribution in [1.82, 2.24) is 4.90 Å². The Kier molecular flexibility index (Phi) is 4.14. The van der Waals surface area contributed by atoms with Crippen molar-refractivity contribution in [2.24, 2.45) is 4.99 Å². The number of hydrogen-bond donors (Lipinski definition) is 0.